The summed E-state index contributed by atoms with van der Waals surface area (Å²) in [4.78, 5) is 24.1. The second kappa shape index (κ2) is 8.27. The Morgan fingerprint density at radius 2 is 1.74 bits per heavy atom. The number of carbonyl (C=O) groups excluding carboxylic acids is 1. The second-order valence-electron chi connectivity index (χ2n) is 5.63. The van der Waals surface area contributed by atoms with Crippen molar-refractivity contribution < 1.29 is 22.7 Å². The molecule has 0 saturated carbocycles. The van der Waals surface area contributed by atoms with Gasteiger partial charge in [0.15, 0.2) is 5.76 Å². The Balaban J connectivity index is 1.64. The van der Waals surface area contributed by atoms with Crippen LogP contribution in [0.5, 0.6) is 5.75 Å². The zero-order valence-electron chi connectivity index (χ0n) is 14.1. The summed E-state index contributed by atoms with van der Waals surface area (Å²) in [7, 11) is 0. The molecule has 27 heavy (non-hydrogen) atoms. The fraction of sp³-hybridized carbons (Fsp3) is 0.100. The van der Waals surface area contributed by atoms with Gasteiger partial charge < -0.3 is 14.5 Å². The van der Waals surface area contributed by atoms with Gasteiger partial charge in [-0.25, -0.2) is 8.78 Å². The van der Waals surface area contributed by atoms with Gasteiger partial charge in [-0.2, -0.15) is 0 Å². The number of benzene rings is 2. The smallest absolute Gasteiger partial charge is 0.287 e. The predicted molar refractivity (Wildman–Crippen MR) is 93.3 cm³/mol. The normalized spacial score (nSPS) is 10.4. The summed E-state index contributed by atoms with van der Waals surface area (Å²) in [5.41, 5.74) is 0.0426. The fourth-order valence-corrected chi connectivity index (χ4v) is 2.32. The summed E-state index contributed by atoms with van der Waals surface area (Å²) in [5, 5.41) is 2.31. The number of carbonyl (C=O) groups is 1. The van der Waals surface area contributed by atoms with Crippen LogP contribution < -0.4 is 15.5 Å². The van der Waals surface area contributed by atoms with Crippen molar-refractivity contribution in [2.45, 2.75) is 13.2 Å². The van der Waals surface area contributed by atoms with Crippen molar-refractivity contribution in [3.8, 4) is 5.75 Å². The third-order valence-corrected chi connectivity index (χ3v) is 3.75. The van der Waals surface area contributed by atoms with Gasteiger partial charge in [-0.05, 0) is 17.7 Å². The topological polar surface area (TPSA) is 68.5 Å². The predicted octanol–water partition coefficient (Wildman–Crippen LogP) is 3.43. The molecule has 0 radical (unpaired) electrons. The quantitative estimate of drug-likeness (QED) is 0.721. The lowest BCUT2D eigenvalue weighted by molar-refractivity contribution is 0.0919. The minimum atomic E-state index is -0.776. The number of hydrogen-bond acceptors (Lipinski definition) is 4. The Hall–Kier alpha value is -3.48. The van der Waals surface area contributed by atoms with Crippen molar-refractivity contribution in [1.82, 2.24) is 5.32 Å². The second-order valence-corrected chi connectivity index (χ2v) is 5.63. The van der Waals surface area contributed by atoms with E-state index in [1.54, 1.807) is 0 Å². The van der Waals surface area contributed by atoms with E-state index in [2.05, 4.69) is 5.32 Å². The zero-order chi connectivity index (χ0) is 19.2. The van der Waals surface area contributed by atoms with E-state index in [4.69, 9.17) is 9.15 Å². The van der Waals surface area contributed by atoms with Crippen LogP contribution in [0.15, 0.2) is 70.1 Å². The van der Waals surface area contributed by atoms with E-state index >= 15 is 0 Å². The molecule has 0 fully saturated rings. The maximum Gasteiger partial charge on any atom is 0.287 e. The highest BCUT2D eigenvalue weighted by molar-refractivity contribution is 5.91. The van der Waals surface area contributed by atoms with Crippen molar-refractivity contribution >= 4 is 5.91 Å². The molecule has 5 nitrogen and oxygen atoms in total. The van der Waals surface area contributed by atoms with E-state index in [0.29, 0.717) is 0 Å². The number of nitrogens with one attached hydrogen (secondary N) is 1. The van der Waals surface area contributed by atoms with Crippen LogP contribution in [0.2, 0.25) is 0 Å². The van der Waals surface area contributed by atoms with Gasteiger partial charge in [0.2, 0.25) is 11.2 Å². The maximum atomic E-state index is 13.6. The largest absolute Gasteiger partial charge is 0.482 e. The van der Waals surface area contributed by atoms with Crippen LogP contribution in [0.3, 0.4) is 0 Å². The lowest BCUT2D eigenvalue weighted by atomic mass is 10.2. The molecule has 1 aromatic heterocycles. The Bertz CT molecular complexity index is 982. The zero-order valence-corrected chi connectivity index (χ0v) is 14.1. The number of ether oxygens (including phenoxy) is 1. The summed E-state index contributed by atoms with van der Waals surface area (Å²) >= 11 is 0. The number of halogens is 2. The highest BCUT2D eigenvalue weighted by atomic mass is 19.1. The molecule has 0 aliphatic rings. The third-order valence-electron chi connectivity index (χ3n) is 3.75. The molecule has 3 aromatic rings. The summed E-state index contributed by atoms with van der Waals surface area (Å²) in [6, 6.07) is 13.6. The molecule has 1 heterocycles. The van der Waals surface area contributed by atoms with Crippen LogP contribution in [-0.2, 0) is 13.2 Å². The highest BCUT2D eigenvalue weighted by Gasteiger charge is 2.14. The molecule has 3 rings (SSSR count). The molecule has 138 valence electrons. The molecule has 2 aromatic carbocycles. The van der Waals surface area contributed by atoms with Gasteiger partial charge in [-0.15, -0.1) is 0 Å². The van der Waals surface area contributed by atoms with Crippen molar-refractivity contribution in [2.24, 2.45) is 0 Å². The summed E-state index contributed by atoms with van der Waals surface area (Å²) < 4.78 is 37.6. The van der Waals surface area contributed by atoms with Crippen molar-refractivity contribution in [2.75, 3.05) is 0 Å². The third kappa shape index (κ3) is 4.58. The Labute approximate surface area is 153 Å². The van der Waals surface area contributed by atoms with Crippen molar-refractivity contribution in [3.63, 3.8) is 0 Å². The number of hydrogen-bond donors (Lipinski definition) is 1. The number of amides is 1. The molecule has 1 N–H and O–H groups in total. The fourth-order valence-electron chi connectivity index (χ4n) is 2.32. The first-order chi connectivity index (χ1) is 13.0. The monoisotopic (exact) mass is 371 g/mol. The number of rotatable bonds is 6. The Kier molecular flexibility index (Phi) is 5.61. The molecular weight excluding hydrogens is 356 g/mol. The van der Waals surface area contributed by atoms with E-state index in [1.807, 2.05) is 30.3 Å². The van der Waals surface area contributed by atoms with Gasteiger partial charge in [0.05, 0.1) is 0 Å². The first kappa shape index (κ1) is 18.3. The van der Waals surface area contributed by atoms with Crippen LogP contribution >= 0.6 is 0 Å². The average Bonchev–Trinajstić information content (AvgIpc) is 2.67. The lowest BCUT2D eigenvalue weighted by Crippen LogP contribution is -2.25. The molecule has 0 saturated heterocycles. The molecule has 0 spiro atoms. The van der Waals surface area contributed by atoms with Crippen LogP contribution in [0.1, 0.15) is 21.7 Å². The lowest BCUT2D eigenvalue weighted by Gasteiger charge is -2.08. The molecule has 0 atom stereocenters. The molecule has 0 unspecified atom stereocenters. The maximum absolute atomic E-state index is 13.6. The highest BCUT2D eigenvalue weighted by Crippen LogP contribution is 2.13. The van der Waals surface area contributed by atoms with E-state index in [-0.39, 0.29) is 30.2 Å². The minimum Gasteiger partial charge on any atom is -0.482 e. The average molecular weight is 371 g/mol. The Morgan fingerprint density at radius 1 is 1.04 bits per heavy atom. The molecule has 1 amide bonds. The van der Waals surface area contributed by atoms with E-state index in [9.17, 15) is 18.4 Å². The Morgan fingerprint density at radius 3 is 2.41 bits per heavy atom. The SMILES string of the molecule is O=C(NCc1c(F)cccc1F)c1cc(=O)c(OCc2ccccc2)co1. The van der Waals surface area contributed by atoms with Gasteiger partial charge in [0.1, 0.15) is 24.5 Å². The summed E-state index contributed by atoms with van der Waals surface area (Å²) in [6.45, 7) is -0.211. The van der Waals surface area contributed by atoms with Crippen LogP contribution in [0.4, 0.5) is 8.78 Å². The first-order valence-electron chi connectivity index (χ1n) is 8.05. The molecule has 0 aliphatic heterocycles. The van der Waals surface area contributed by atoms with Gasteiger partial charge in [-0.3, -0.25) is 9.59 Å². The summed E-state index contributed by atoms with van der Waals surface area (Å²) in [5.74, 6) is -2.66. The minimum absolute atomic E-state index is 0.0458. The van der Waals surface area contributed by atoms with Crippen molar-refractivity contribution in [1.29, 1.82) is 0 Å². The molecule has 7 heteroatoms. The van der Waals surface area contributed by atoms with Crippen LogP contribution in [0, 0.1) is 11.6 Å². The molecule has 0 aliphatic carbocycles. The van der Waals surface area contributed by atoms with Crippen LogP contribution in [-0.4, -0.2) is 5.91 Å². The standard InChI is InChI=1S/C20H15F2NO4/c21-15-7-4-8-16(22)14(15)10-23-20(25)18-9-17(24)19(12-27-18)26-11-13-5-2-1-3-6-13/h1-9,12H,10-11H2,(H,23,25). The van der Waals surface area contributed by atoms with Crippen molar-refractivity contribution in [3.05, 3.63) is 99.6 Å². The van der Waals surface area contributed by atoms with Gasteiger partial charge in [0, 0.05) is 18.2 Å². The van der Waals surface area contributed by atoms with E-state index in [1.165, 1.54) is 6.07 Å². The van der Waals surface area contributed by atoms with Gasteiger partial charge in [0.25, 0.3) is 5.91 Å². The van der Waals surface area contributed by atoms with E-state index in [0.717, 1.165) is 30.0 Å². The van der Waals surface area contributed by atoms with Crippen LogP contribution in [0.25, 0.3) is 0 Å². The van der Waals surface area contributed by atoms with Gasteiger partial charge in [-0.1, -0.05) is 36.4 Å². The summed E-state index contributed by atoms with van der Waals surface area (Å²) in [6.07, 6.45) is 1.03. The van der Waals surface area contributed by atoms with Gasteiger partial charge >= 0.3 is 0 Å². The molecular formula is C20H15F2NO4. The molecule has 0 bridgehead atoms. The van der Waals surface area contributed by atoms with E-state index < -0.39 is 23.0 Å². The first-order valence-corrected chi connectivity index (χ1v) is 8.05.